The van der Waals surface area contributed by atoms with Gasteiger partial charge in [-0.05, 0) is 24.3 Å². The fraction of sp³-hybridized carbons (Fsp3) is 0.136. The molecule has 2 N–H and O–H groups in total. The van der Waals surface area contributed by atoms with Gasteiger partial charge in [-0.15, -0.1) is 0 Å². The highest BCUT2D eigenvalue weighted by Gasteiger charge is 2.63. The van der Waals surface area contributed by atoms with Crippen molar-refractivity contribution in [3.63, 3.8) is 0 Å². The Morgan fingerprint density at radius 3 is 2.70 bits per heavy atom. The molecule has 1 atom stereocenters. The number of esters is 1. The van der Waals surface area contributed by atoms with E-state index in [-0.39, 0.29) is 23.6 Å². The Hall–Kier alpha value is -4.12. The van der Waals surface area contributed by atoms with Crippen molar-refractivity contribution in [1.82, 2.24) is 0 Å². The molecule has 0 aromatic heterocycles. The summed E-state index contributed by atoms with van der Waals surface area (Å²) in [5.41, 5.74) is 6.39. The molecule has 0 bridgehead atoms. The van der Waals surface area contributed by atoms with E-state index in [2.05, 4.69) is 6.07 Å². The number of halogens is 1. The maximum absolute atomic E-state index is 13.9. The monoisotopic (exact) mass is 402 g/mol. The molecular weight excluding hydrogens is 387 g/mol. The number of hydrogen-bond donors (Lipinski definition) is 1. The highest BCUT2D eigenvalue weighted by Crippen LogP contribution is 2.55. The molecule has 3 aliphatic rings. The standard InChI is InChI=1S/C22H15FN4O3/c1-26-16-8-3-2-7-14(16)22(21(26)29)15(10-24)19(25)27(13-6-4-5-12(23)9-13)17-11-30-20(28)18(17)22/h2-9H,11,25H2,1H3/t22-/m0/s1. The molecule has 3 heterocycles. The molecule has 0 saturated heterocycles. The van der Waals surface area contributed by atoms with Gasteiger partial charge in [-0.3, -0.25) is 9.69 Å². The summed E-state index contributed by atoms with van der Waals surface area (Å²) >= 11 is 0. The van der Waals surface area contributed by atoms with Crippen molar-refractivity contribution in [2.24, 2.45) is 5.73 Å². The van der Waals surface area contributed by atoms with Gasteiger partial charge in [-0.25, -0.2) is 9.18 Å². The lowest BCUT2D eigenvalue weighted by Crippen LogP contribution is -2.50. The van der Waals surface area contributed by atoms with E-state index in [1.807, 2.05) is 0 Å². The van der Waals surface area contributed by atoms with Crippen molar-refractivity contribution in [2.75, 3.05) is 23.5 Å². The fourth-order valence-corrected chi connectivity index (χ4v) is 4.61. The number of para-hydroxylation sites is 1. The van der Waals surface area contributed by atoms with E-state index in [9.17, 15) is 19.2 Å². The summed E-state index contributed by atoms with van der Waals surface area (Å²) in [5, 5.41) is 10.1. The minimum Gasteiger partial charge on any atom is -0.456 e. The number of amides is 1. The van der Waals surface area contributed by atoms with Crippen LogP contribution in [0.1, 0.15) is 5.56 Å². The molecule has 0 saturated carbocycles. The normalized spacial score (nSPS) is 22.4. The Morgan fingerprint density at radius 1 is 1.20 bits per heavy atom. The first-order chi connectivity index (χ1) is 14.4. The lowest BCUT2D eigenvalue weighted by atomic mass is 9.67. The third kappa shape index (κ3) is 1.96. The molecule has 7 nitrogen and oxygen atoms in total. The Bertz CT molecular complexity index is 1260. The van der Waals surface area contributed by atoms with E-state index in [1.165, 1.54) is 28.0 Å². The molecular formula is C22H15FN4O3. The number of hydrogen-bond acceptors (Lipinski definition) is 6. The Kier molecular flexibility index (Phi) is 3.55. The van der Waals surface area contributed by atoms with Crippen LogP contribution in [0.5, 0.6) is 0 Å². The molecule has 2 aromatic carbocycles. The second kappa shape index (κ2) is 5.94. The summed E-state index contributed by atoms with van der Waals surface area (Å²) in [7, 11) is 1.58. The van der Waals surface area contributed by atoms with Gasteiger partial charge >= 0.3 is 5.97 Å². The van der Waals surface area contributed by atoms with Crippen LogP contribution in [0.25, 0.3) is 0 Å². The molecule has 8 heteroatoms. The molecule has 0 aliphatic carbocycles. The average molecular weight is 402 g/mol. The van der Waals surface area contributed by atoms with Gasteiger partial charge in [0.05, 0.1) is 22.5 Å². The highest BCUT2D eigenvalue weighted by atomic mass is 19.1. The summed E-state index contributed by atoms with van der Waals surface area (Å²) in [5.74, 6) is -1.72. The SMILES string of the molecule is CN1C(=O)[C@]2(C(C#N)=C(N)N(c3cccc(F)c3)C3=C2C(=O)OC3)c2ccccc21. The smallest absolute Gasteiger partial charge is 0.338 e. The molecule has 2 aromatic rings. The van der Waals surface area contributed by atoms with Crippen LogP contribution < -0.4 is 15.5 Å². The van der Waals surface area contributed by atoms with Gasteiger partial charge in [0.2, 0.25) is 5.91 Å². The van der Waals surface area contributed by atoms with Crippen molar-refractivity contribution < 1.29 is 18.7 Å². The number of nitriles is 1. The Balaban J connectivity index is 1.89. The lowest BCUT2D eigenvalue weighted by molar-refractivity contribution is -0.137. The van der Waals surface area contributed by atoms with Gasteiger partial charge < -0.3 is 15.4 Å². The average Bonchev–Trinajstić information content (AvgIpc) is 3.21. The first kappa shape index (κ1) is 17.9. The first-order valence-electron chi connectivity index (χ1n) is 9.17. The quantitative estimate of drug-likeness (QED) is 0.733. The summed E-state index contributed by atoms with van der Waals surface area (Å²) in [6, 6.07) is 14.6. The van der Waals surface area contributed by atoms with Crippen LogP contribution in [0.4, 0.5) is 15.8 Å². The summed E-state index contributed by atoms with van der Waals surface area (Å²) in [6.45, 7) is -0.148. The van der Waals surface area contributed by atoms with Crippen LogP contribution in [-0.4, -0.2) is 25.5 Å². The first-order valence-corrected chi connectivity index (χ1v) is 9.17. The van der Waals surface area contributed by atoms with Crippen LogP contribution in [0, 0.1) is 17.1 Å². The van der Waals surface area contributed by atoms with E-state index in [0.717, 1.165) is 0 Å². The van der Waals surface area contributed by atoms with Crippen molar-refractivity contribution in [2.45, 2.75) is 5.41 Å². The summed E-state index contributed by atoms with van der Waals surface area (Å²) in [6.07, 6.45) is 0. The van der Waals surface area contributed by atoms with Gasteiger partial charge in [-0.2, -0.15) is 5.26 Å². The molecule has 1 amide bonds. The van der Waals surface area contributed by atoms with Crippen LogP contribution in [0.3, 0.4) is 0 Å². The van der Waals surface area contributed by atoms with Crippen LogP contribution in [-0.2, 0) is 19.7 Å². The van der Waals surface area contributed by atoms with Crippen LogP contribution in [0.15, 0.2) is 71.2 Å². The summed E-state index contributed by atoms with van der Waals surface area (Å²) in [4.78, 5) is 29.4. The molecule has 0 fully saturated rings. The Labute approximate surface area is 171 Å². The maximum atomic E-state index is 13.9. The van der Waals surface area contributed by atoms with Crippen molar-refractivity contribution >= 4 is 23.3 Å². The zero-order chi connectivity index (χ0) is 21.2. The number of nitrogens with two attached hydrogens (primary N) is 1. The number of likely N-dealkylation sites (N-methyl/N-ethyl adjacent to an activating group) is 1. The second-order valence-corrected chi connectivity index (χ2v) is 7.22. The van der Waals surface area contributed by atoms with Crippen LogP contribution in [0.2, 0.25) is 0 Å². The minimum atomic E-state index is -1.70. The van der Waals surface area contributed by atoms with E-state index in [4.69, 9.17) is 10.5 Å². The number of ether oxygens (including phenoxy) is 1. The fourth-order valence-electron chi connectivity index (χ4n) is 4.61. The topological polar surface area (TPSA) is 99.7 Å². The van der Waals surface area contributed by atoms with Crippen molar-refractivity contribution in [3.05, 3.63) is 82.6 Å². The highest BCUT2D eigenvalue weighted by molar-refractivity contribution is 6.19. The molecule has 148 valence electrons. The van der Waals surface area contributed by atoms with Gasteiger partial charge in [0.15, 0.2) is 0 Å². The number of benzene rings is 2. The molecule has 5 rings (SSSR count). The molecule has 0 unspecified atom stereocenters. The number of anilines is 2. The zero-order valence-electron chi connectivity index (χ0n) is 15.8. The van der Waals surface area contributed by atoms with Crippen LogP contribution >= 0.6 is 0 Å². The number of carbonyl (C=O) groups excluding carboxylic acids is 2. The molecule has 30 heavy (non-hydrogen) atoms. The number of fused-ring (bicyclic) bond motifs is 3. The number of rotatable bonds is 1. The van der Waals surface area contributed by atoms with E-state index < -0.39 is 23.1 Å². The number of nitrogens with zero attached hydrogens (tertiary/aromatic N) is 3. The minimum absolute atomic E-state index is 0.0410. The lowest BCUT2D eigenvalue weighted by Gasteiger charge is -2.38. The summed E-state index contributed by atoms with van der Waals surface area (Å²) < 4.78 is 19.2. The molecule has 3 aliphatic heterocycles. The van der Waals surface area contributed by atoms with Crippen molar-refractivity contribution in [1.29, 1.82) is 5.26 Å². The van der Waals surface area contributed by atoms with Gasteiger partial charge in [0.1, 0.15) is 29.7 Å². The largest absolute Gasteiger partial charge is 0.456 e. The number of carbonyl (C=O) groups is 2. The number of cyclic esters (lactones) is 1. The van der Waals surface area contributed by atoms with E-state index in [0.29, 0.717) is 22.6 Å². The Morgan fingerprint density at radius 2 is 1.97 bits per heavy atom. The molecule has 0 radical (unpaired) electrons. The van der Waals surface area contributed by atoms with Gasteiger partial charge in [-0.1, -0.05) is 24.3 Å². The third-order valence-corrected chi connectivity index (χ3v) is 5.82. The predicted octanol–water partition coefficient (Wildman–Crippen LogP) is 2.06. The predicted molar refractivity (Wildman–Crippen MR) is 105 cm³/mol. The molecule has 1 spiro atoms. The van der Waals surface area contributed by atoms with Crippen molar-refractivity contribution in [3.8, 4) is 6.07 Å². The van der Waals surface area contributed by atoms with E-state index >= 15 is 0 Å². The third-order valence-electron chi connectivity index (χ3n) is 5.82. The van der Waals surface area contributed by atoms with E-state index in [1.54, 1.807) is 37.4 Å². The van der Waals surface area contributed by atoms with Gasteiger partial charge in [0.25, 0.3) is 0 Å². The van der Waals surface area contributed by atoms with Gasteiger partial charge in [0, 0.05) is 18.3 Å². The zero-order valence-corrected chi connectivity index (χ0v) is 15.8. The second-order valence-electron chi connectivity index (χ2n) is 7.22. The maximum Gasteiger partial charge on any atom is 0.338 e.